The highest BCUT2D eigenvalue weighted by Crippen LogP contribution is 2.64. The summed E-state index contributed by atoms with van der Waals surface area (Å²) < 4.78 is 3.64. The third-order valence-corrected chi connectivity index (χ3v) is 5.35. The lowest BCUT2D eigenvalue weighted by molar-refractivity contribution is -0.154. The van der Waals surface area contributed by atoms with Crippen LogP contribution in [0.4, 0.5) is 4.79 Å². The summed E-state index contributed by atoms with van der Waals surface area (Å²) in [4.78, 5) is 47.4. The molecule has 8 nitrogen and oxygen atoms in total. The van der Waals surface area contributed by atoms with Gasteiger partial charge < -0.3 is 10.1 Å². The van der Waals surface area contributed by atoms with Gasteiger partial charge in [0, 0.05) is 6.42 Å². The molecule has 128 valence electrons. The van der Waals surface area contributed by atoms with Crippen LogP contribution in [0.3, 0.4) is 0 Å². The highest BCUT2D eigenvalue weighted by Gasteiger charge is 2.69. The van der Waals surface area contributed by atoms with Crippen molar-refractivity contribution in [1.82, 2.24) is 15.8 Å². The molecule has 2 atom stereocenters. The van der Waals surface area contributed by atoms with Crippen molar-refractivity contribution in [2.75, 3.05) is 6.61 Å². The van der Waals surface area contributed by atoms with Gasteiger partial charge in [0.05, 0.1) is 0 Å². The largest absolute Gasteiger partial charge is 0.455 e. The van der Waals surface area contributed by atoms with Gasteiger partial charge in [0.1, 0.15) is 15.3 Å². The summed E-state index contributed by atoms with van der Waals surface area (Å²) in [7, 11) is 0. The molecule has 2 aliphatic rings. The van der Waals surface area contributed by atoms with E-state index < -0.39 is 45.7 Å². The molecule has 0 aromatic heterocycles. The zero-order valence-corrected chi connectivity index (χ0v) is 14.4. The minimum absolute atomic E-state index is 0.228. The lowest BCUT2D eigenvalue weighted by Crippen LogP contribution is -2.49. The van der Waals surface area contributed by atoms with Crippen molar-refractivity contribution in [2.24, 2.45) is 5.41 Å². The van der Waals surface area contributed by atoms with E-state index >= 15 is 0 Å². The lowest BCUT2D eigenvalue weighted by Gasteiger charge is -2.19. The summed E-state index contributed by atoms with van der Waals surface area (Å²) in [5.41, 5.74) is -0.0221. The molecule has 0 aromatic rings. The fourth-order valence-corrected chi connectivity index (χ4v) is 2.78. The van der Waals surface area contributed by atoms with E-state index in [2.05, 4.69) is 10.7 Å². The third-order valence-electron chi connectivity index (χ3n) is 4.25. The summed E-state index contributed by atoms with van der Waals surface area (Å²) in [6.45, 7) is 4.15. The summed E-state index contributed by atoms with van der Waals surface area (Å²) in [5.74, 6) is -2.12. The minimum Gasteiger partial charge on any atom is -0.455 e. The number of imide groups is 1. The van der Waals surface area contributed by atoms with E-state index in [1.165, 1.54) is 6.92 Å². The van der Waals surface area contributed by atoms with Crippen LogP contribution in [0.2, 0.25) is 0 Å². The predicted octanol–water partition coefficient (Wildman–Crippen LogP) is 0.865. The number of hydrogen-bond donors (Lipinski definition) is 2. The number of esters is 1. The van der Waals surface area contributed by atoms with Crippen LogP contribution in [-0.2, 0) is 19.1 Å². The van der Waals surface area contributed by atoms with Gasteiger partial charge in [-0.1, -0.05) is 6.92 Å². The average Bonchev–Trinajstić information content (AvgIpc) is 2.92. The molecule has 2 fully saturated rings. The van der Waals surface area contributed by atoms with Crippen LogP contribution in [-0.4, -0.2) is 45.3 Å². The number of nitrogens with zero attached hydrogens (tertiary/aromatic N) is 1. The van der Waals surface area contributed by atoms with Crippen molar-refractivity contribution in [3.8, 4) is 0 Å². The lowest BCUT2D eigenvalue weighted by atomic mass is 10.00. The number of rotatable bonds is 5. The normalized spacial score (nSPS) is 31.6. The SMILES string of the molecule is CC[C@@]1(C)NC(=O)N(NC(=O)COC(=O)[C@]2(C)CC2(Cl)Cl)C1=O. The number of hydrogen-bond acceptors (Lipinski definition) is 5. The number of carbonyl (C=O) groups is 4. The van der Waals surface area contributed by atoms with Crippen LogP contribution in [0.25, 0.3) is 0 Å². The molecule has 0 spiro atoms. The molecule has 1 saturated heterocycles. The maximum absolute atomic E-state index is 12.1. The van der Waals surface area contributed by atoms with Crippen molar-refractivity contribution in [3.63, 3.8) is 0 Å². The van der Waals surface area contributed by atoms with Crippen LogP contribution >= 0.6 is 23.2 Å². The summed E-state index contributed by atoms with van der Waals surface area (Å²) in [6, 6.07) is -0.742. The van der Waals surface area contributed by atoms with E-state index in [0.29, 0.717) is 11.4 Å². The number of alkyl halides is 2. The molecule has 2 N–H and O–H groups in total. The van der Waals surface area contributed by atoms with Crippen molar-refractivity contribution >= 4 is 47.0 Å². The second-order valence-electron chi connectivity index (χ2n) is 6.08. The smallest absolute Gasteiger partial charge is 0.344 e. The number of ether oxygens (including phenoxy) is 1. The standard InChI is InChI=1S/C13H17Cl2N3O5/c1-4-12(3)8(20)18(10(22)16-12)17-7(19)5-23-9(21)11(2)6-13(11,14)15/h4-6H2,1-3H3,(H,16,22)(H,17,19)/t11-,12+/m0/s1. The first-order chi connectivity index (χ1) is 10.5. The fourth-order valence-electron chi connectivity index (χ4n) is 2.09. The Balaban J connectivity index is 1.88. The molecule has 0 radical (unpaired) electrons. The van der Waals surface area contributed by atoms with Crippen molar-refractivity contribution in [2.45, 2.75) is 43.5 Å². The summed E-state index contributed by atoms with van der Waals surface area (Å²) >= 11 is 11.7. The molecular weight excluding hydrogens is 349 g/mol. The predicted molar refractivity (Wildman–Crippen MR) is 80.3 cm³/mol. The zero-order valence-electron chi connectivity index (χ0n) is 12.9. The Morgan fingerprint density at radius 2 is 1.91 bits per heavy atom. The topological polar surface area (TPSA) is 105 Å². The molecule has 1 heterocycles. The van der Waals surface area contributed by atoms with E-state index in [9.17, 15) is 19.2 Å². The van der Waals surface area contributed by atoms with Gasteiger partial charge in [0.25, 0.3) is 11.8 Å². The highest BCUT2D eigenvalue weighted by atomic mass is 35.5. The average molecular weight is 366 g/mol. The molecule has 1 aliphatic heterocycles. The number of hydrazine groups is 1. The summed E-state index contributed by atoms with van der Waals surface area (Å²) in [6.07, 6.45) is 0.593. The second-order valence-corrected chi connectivity index (χ2v) is 7.56. The number of urea groups is 1. The van der Waals surface area contributed by atoms with Crippen molar-refractivity contribution in [3.05, 3.63) is 0 Å². The van der Waals surface area contributed by atoms with Crippen LogP contribution in [0.5, 0.6) is 0 Å². The van der Waals surface area contributed by atoms with E-state index in [4.69, 9.17) is 27.9 Å². The van der Waals surface area contributed by atoms with E-state index in [1.54, 1.807) is 13.8 Å². The molecule has 23 heavy (non-hydrogen) atoms. The second kappa shape index (κ2) is 5.52. The van der Waals surface area contributed by atoms with Crippen LogP contribution in [0.15, 0.2) is 0 Å². The monoisotopic (exact) mass is 365 g/mol. The molecule has 4 amide bonds. The molecule has 1 saturated carbocycles. The molecule has 0 unspecified atom stereocenters. The maximum atomic E-state index is 12.1. The van der Waals surface area contributed by atoms with Crippen LogP contribution < -0.4 is 10.7 Å². The first-order valence-electron chi connectivity index (χ1n) is 6.98. The minimum atomic E-state index is -1.20. The zero-order chi connectivity index (χ0) is 17.6. The van der Waals surface area contributed by atoms with Crippen molar-refractivity contribution in [1.29, 1.82) is 0 Å². The molecule has 10 heteroatoms. The van der Waals surface area contributed by atoms with Gasteiger partial charge >= 0.3 is 12.0 Å². The Morgan fingerprint density at radius 3 is 2.35 bits per heavy atom. The number of amides is 4. The fraction of sp³-hybridized carbons (Fsp3) is 0.692. The van der Waals surface area contributed by atoms with Gasteiger partial charge in [-0.3, -0.25) is 19.8 Å². The maximum Gasteiger partial charge on any atom is 0.344 e. The van der Waals surface area contributed by atoms with Gasteiger partial charge in [0.2, 0.25) is 0 Å². The molecule has 2 rings (SSSR count). The van der Waals surface area contributed by atoms with Gasteiger partial charge in [-0.2, -0.15) is 5.01 Å². The van der Waals surface area contributed by atoms with E-state index in [-0.39, 0.29) is 6.42 Å². The first-order valence-corrected chi connectivity index (χ1v) is 7.74. The Kier molecular flexibility index (Phi) is 4.28. The van der Waals surface area contributed by atoms with Crippen molar-refractivity contribution < 1.29 is 23.9 Å². The first kappa shape index (κ1) is 17.8. The van der Waals surface area contributed by atoms with Crippen LogP contribution in [0, 0.1) is 5.41 Å². The van der Waals surface area contributed by atoms with E-state index in [0.717, 1.165) is 0 Å². The van der Waals surface area contributed by atoms with Crippen LogP contribution in [0.1, 0.15) is 33.6 Å². The quantitative estimate of drug-likeness (QED) is 0.427. The van der Waals surface area contributed by atoms with Gasteiger partial charge in [-0.25, -0.2) is 4.79 Å². The van der Waals surface area contributed by atoms with E-state index in [1.807, 2.05) is 0 Å². The van der Waals surface area contributed by atoms with Gasteiger partial charge in [0.15, 0.2) is 6.61 Å². The molecule has 0 aromatic carbocycles. The molecule has 1 aliphatic carbocycles. The number of halogens is 2. The Morgan fingerprint density at radius 1 is 1.35 bits per heavy atom. The third kappa shape index (κ3) is 2.97. The molecule has 0 bridgehead atoms. The Labute approximate surface area is 142 Å². The van der Waals surface area contributed by atoms with Gasteiger partial charge in [-0.05, 0) is 20.3 Å². The highest BCUT2D eigenvalue weighted by molar-refractivity contribution is 6.53. The molecular formula is C13H17Cl2N3O5. The summed E-state index contributed by atoms with van der Waals surface area (Å²) in [5, 5.41) is 3.05. The Hall–Kier alpha value is -1.54. The number of carbonyl (C=O) groups excluding carboxylic acids is 4. The Bertz CT molecular complexity index is 596. The van der Waals surface area contributed by atoms with Gasteiger partial charge in [-0.15, -0.1) is 23.2 Å². The number of nitrogens with one attached hydrogen (secondary N) is 2.